The summed E-state index contributed by atoms with van der Waals surface area (Å²) in [5, 5.41) is -0.598. The highest BCUT2D eigenvalue weighted by Gasteiger charge is 2.63. The number of likely N-dealkylation sites (tertiary alicyclic amines) is 1. The van der Waals surface area contributed by atoms with Crippen molar-refractivity contribution in [2.24, 2.45) is 0 Å². The van der Waals surface area contributed by atoms with E-state index in [1.807, 2.05) is 42.5 Å². The fraction of sp³-hybridized carbons (Fsp3) is 0.480. The molecule has 3 atom stereocenters. The van der Waals surface area contributed by atoms with E-state index in [9.17, 15) is 13.6 Å². The first kappa shape index (κ1) is 22.4. The number of carbonyl (C=O) groups is 1. The maximum Gasteiger partial charge on any atom is 0.278 e. The summed E-state index contributed by atoms with van der Waals surface area (Å²) >= 11 is 0. The average Bonchev–Trinajstić information content (AvgIpc) is 3.43. The van der Waals surface area contributed by atoms with Crippen molar-refractivity contribution < 1.29 is 23.0 Å². The van der Waals surface area contributed by atoms with Crippen LogP contribution >= 0.6 is 0 Å². The number of ether oxygens (including phenoxy) is 2. The van der Waals surface area contributed by atoms with Crippen molar-refractivity contribution in [3.8, 4) is 11.5 Å². The van der Waals surface area contributed by atoms with Gasteiger partial charge in [-0.3, -0.25) is 9.69 Å². The first-order valence-electron chi connectivity index (χ1n) is 11.5. The molecule has 33 heavy (non-hydrogen) atoms. The molecule has 5 rings (SSSR count). The fourth-order valence-corrected chi connectivity index (χ4v) is 7.38. The van der Waals surface area contributed by atoms with Gasteiger partial charge >= 0.3 is 0 Å². The number of benzene rings is 2. The maximum absolute atomic E-state index is 13.4. The Bertz CT molecular complexity index is 1090. The van der Waals surface area contributed by atoms with Gasteiger partial charge in [-0.1, -0.05) is 30.3 Å². The van der Waals surface area contributed by atoms with E-state index < -0.39 is 20.2 Å². The zero-order valence-corrected chi connectivity index (χ0v) is 19.9. The summed E-state index contributed by atoms with van der Waals surface area (Å²) in [6.07, 6.45) is 0.903. The highest BCUT2D eigenvalue weighted by molar-refractivity contribution is 8.00. The molecule has 2 saturated heterocycles. The predicted octanol–water partition coefficient (Wildman–Crippen LogP) is 2.50. The van der Waals surface area contributed by atoms with Gasteiger partial charge in [0.1, 0.15) is 18.1 Å². The Balaban J connectivity index is 1.33. The lowest BCUT2D eigenvalue weighted by Gasteiger charge is -2.46. The number of amides is 1. The Morgan fingerprint density at radius 3 is 2.76 bits per heavy atom. The maximum atomic E-state index is 13.4. The van der Waals surface area contributed by atoms with Crippen molar-refractivity contribution in [1.29, 1.82) is 0 Å². The zero-order chi connectivity index (χ0) is 23.2. The van der Waals surface area contributed by atoms with Crippen LogP contribution in [0.15, 0.2) is 48.5 Å². The number of fused-ring (bicyclic) bond motifs is 2. The third-order valence-electron chi connectivity index (χ3n) is 7.10. The van der Waals surface area contributed by atoms with Gasteiger partial charge in [-0.2, -0.15) is 0 Å². The van der Waals surface area contributed by atoms with Gasteiger partial charge in [-0.05, 0) is 43.2 Å². The second-order valence-electron chi connectivity index (χ2n) is 9.56. The molecule has 3 heterocycles. The van der Waals surface area contributed by atoms with E-state index in [2.05, 4.69) is 11.0 Å². The minimum atomic E-state index is -3.63. The number of nitrogens with zero attached hydrogens (tertiary/aromatic N) is 2. The standard InChI is InChI=1S/C25H30N2O5S/c1-25(2)24(28)27(11-13-31-20-6-4-3-5-7-20)21-16-26(17-23(21)33(25,29)30)15-18-8-9-22-19(14-18)10-12-32-22/h3-9,14,21,23H,10-13,15-17H2,1-2H3/t21-,23+/m0/s1. The Morgan fingerprint density at radius 2 is 1.97 bits per heavy atom. The molecule has 2 aromatic rings. The highest BCUT2D eigenvalue weighted by Crippen LogP contribution is 2.41. The van der Waals surface area contributed by atoms with Crippen LogP contribution < -0.4 is 9.47 Å². The summed E-state index contributed by atoms with van der Waals surface area (Å²) in [5.41, 5.74) is 2.34. The first-order valence-corrected chi connectivity index (χ1v) is 13.0. The van der Waals surface area contributed by atoms with Gasteiger partial charge in [0.2, 0.25) is 4.75 Å². The van der Waals surface area contributed by atoms with E-state index >= 15 is 0 Å². The Morgan fingerprint density at radius 1 is 1.18 bits per heavy atom. The summed E-state index contributed by atoms with van der Waals surface area (Å²) in [7, 11) is -3.63. The molecule has 3 aliphatic rings. The van der Waals surface area contributed by atoms with Crippen LogP contribution in [0.2, 0.25) is 0 Å². The predicted molar refractivity (Wildman–Crippen MR) is 125 cm³/mol. The van der Waals surface area contributed by atoms with E-state index in [4.69, 9.17) is 9.47 Å². The van der Waals surface area contributed by atoms with E-state index in [-0.39, 0.29) is 11.9 Å². The smallest absolute Gasteiger partial charge is 0.278 e. The van der Waals surface area contributed by atoms with Crippen LogP contribution in [-0.2, 0) is 32.2 Å². The second-order valence-corrected chi connectivity index (χ2v) is 12.3. The molecule has 0 saturated carbocycles. The molecular formula is C25H30N2O5S. The molecule has 0 radical (unpaired) electrons. The summed E-state index contributed by atoms with van der Waals surface area (Å²) in [6, 6.07) is 15.3. The number of carbonyl (C=O) groups excluding carboxylic acids is 1. The number of hydrogen-bond acceptors (Lipinski definition) is 6. The van der Waals surface area contributed by atoms with Crippen molar-refractivity contribution in [1.82, 2.24) is 9.80 Å². The topological polar surface area (TPSA) is 82.1 Å². The lowest BCUT2D eigenvalue weighted by molar-refractivity contribution is -0.137. The molecule has 3 aliphatic heterocycles. The molecular weight excluding hydrogens is 440 g/mol. The summed E-state index contributed by atoms with van der Waals surface area (Å²) < 4.78 is 36.8. The second kappa shape index (κ2) is 8.42. The minimum Gasteiger partial charge on any atom is -0.614 e. The summed E-state index contributed by atoms with van der Waals surface area (Å²) in [6.45, 7) is 6.07. The largest absolute Gasteiger partial charge is 0.614 e. The van der Waals surface area contributed by atoms with Crippen molar-refractivity contribution in [3.63, 3.8) is 0 Å². The molecule has 1 unspecified atom stereocenters. The van der Waals surface area contributed by atoms with Gasteiger partial charge in [-0.25, -0.2) is 0 Å². The van der Waals surface area contributed by atoms with Gasteiger partial charge in [0.15, 0.2) is 5.25 Å². The van der Waals surface area contributed by atoms with E-state index in [1.54, 1.807) is 4.90 Å². The Labute approximate surface area is 195 Å². The number of hydrogen-bond donors (Lipinski definition) is 0. The normalized spacial score (nSPS) is 28.3. The van der Waals surface area contributed by atoms with Crippen LogP contribution in [0.4, 0.5) is 0 Å². The number of rotatable bonds is 6. The highest BCUT2D eigenvalue weighted by atomic mass is 32.3. The van der Waals surface area contributed by atoms with Crippen molar-refractivity contribution in [3.05, 3.63) is 59.7 Å². The quantitative estimate of drug-likeness (QED) is 0.604. The summed E-state index contributed by atoms with van der Waals surface area (Å²) in [4.78, 5) is 17.2. The van der Waals surface area contributed by atoms with Crippen molar-refractivity contribution in [2.75, 3.05) is 32.8 Å². The molecule has 2 fully saturated rings. The lowest BCUT2D eigenvalue weighted by Crippen LogP contribution is -2.68. The van der Waals surface area contributed by atoms with E-state index in [0.29, 0.717) is 39.4 Å². The molecule has 0 N–H and O–H groups in total. The van der Waals surface area contributed by atoms with Gasteiger partial charge < -0.3 is 18.9 Å². The molecule has 1 amide bonds. The molecule has 7 nitrogen and oxygen atoms in total. The molecule has 0 spiro atoms. The molecule has 0 aliphatic carbocycles. The average molecular weight is 471 g/mol. The van der Waals surface area contributed by atoms with Crippen LogP contribution in [0, 0.1) is 0 Å². The molecule has 176 valence electrons. The molecule has 8 heteroatoms. The van der Waals surface area contributed by atoms with Gasteiger partial charge in [0, 0.05) is 26.1 Å². The van der Waals surface area contributed by atoms with Gasteiger partial charge in [0.05, 0.1) is 29.4 Å². The SMILES string of the molecule is CC1(C)C(=O)N(CCOc2ccccc2)[C@H]2CN(Cc3ccc4c(c3)CCO4)C[C@H]2[S+]1(=O)[O-]. The third kappa shape index (κ3) is 3.94. The Hall–Kier alpha value is -2.42. The summed E-state index contributed by atoms with van der Waals surface area (Å²) in [5.74, 6) is 1.34. The van der Waals surface area contributed by atoms with E-state index in [1.165, 1.54) is 19.4 Å². The van der Waals surface area contributed by atoms with Crippen LogP contribution in [0.25, 0.3) is 0 Å². The first-order chi connectivity index (χ1) is 15.8. The molecule has 2 aromatic carbocycles. The molecule has 0 bridgehead atoms. The van der Waals surface area contributed by atoms with Crippen LogP contribution in [0.5, 0.6) is 11.5 Å². The Kier molecular flexibility index (Phi) is 5.71. The van der Waals surface area contributed by atoms with Gasteiger partial charge in [-0.15, -0.1) is 4.21 Å². The van der Waals surface area contributed by atoms with Crippen molar-refractivity contribution in [2.45, 2.75) is 42.9 Å². The van der Waals surface area contributed by atoms with Crippen LogP contribution in [-0.4, -0.2) is 69.1 Å². The lowest BCUT2D eigenvalue weighted by atomic mass is 10.1. The monoisotopic (exact) mass is 470 g/mol. The fourth-order valence-electron chi connectivity index (χ4n) is 5.21. The third-order valence-corrected chi connectivity index (χ3v) is 9.96. The number of sulfone groups is 1. The van der Waals surface area contributed by atoms with Crippen LogP contribution in [0.3, 0.4) is 0 Å². The zero-order valence-electron chi connectivity index (χ0n) is 19.1. The number of para-hydroxylation sites is 1. The van der Waals surface area contributed by atoms with E-state index in [0.717, 1.165) is 23.5 Å². The van der Waals surface area contributed by atoms with Gasteiger partial charge in [0.25, 0.3) is 5.91 Å². The minimum absolute atomic E-state index is 0.319. The van der Waals surface area contributed by atoms with Crippen LogP contribution in [0.1, 0.15) is 25.0 Å². The molecule has 0 aromatic heterocycles. The van der Waals surface area contributed by atoms with Crippen molar-refractivity contribution >= 4 is 16.1 Å².